The Hall–Kier alpha value is -1.69. The van der Waals surface area contributed by atoms with Crippen molar-refractivity contribution in [2.24, 2.45) is 0 Å². The molecule has 0 aromatic heterocycles. The van der Waals surface area contributed by atoms with Gasteiger partial charge in [0.05, 0.1) is 9.99 Å². The van der Waals surface area contributed by atoms with Crippen molar-refractivity contribution in [2.75, 3.05) is 12.0 Å². The van der Waals surface area contributed by atoms with Gasteiger partial charge in [0, 0.05) is 5.56 Å². The van der Waals surface area contributed by atoms with Gasteiger partial charge >= 0.3 is 0 Å². The average Bonchev–Trinajstić information content (AvgIpc) is 2.44. The minimum absolute atomic E-state index is 0.0117. The SMILES string of the molecule is CSC(SCC(=O)c1ccccc1)=C(C#N)C#N. The van der Waals surface area contributed by atoms with Crippen molar-refractivity contribution in [3.05, 3.63) is 45.7 Å². The second-order valence-corrected chi connectivity index (χ2v) is 5.23. The molecule has 0 heterocycles. The molecule has 0 N–H and O–H groups in total. The smallest absolute Gasteiger partial charge is 0.173 e. The van der Waals surface area contributed by atoms with Gasteiger partial charge in [0.15, 0.2) is 5.78 Å². The third kappa shape index (κ3) is 3.96. The summed E-state index contributed by atoms with van der Waals surface area (Å²) in [4.78, 5) is 11.8. The number of nitrogens with zero attached hydrogens (tertiary/aromatic N) is 2. The number of Topliss-reactive ketones (excluding diaryl/α,β-unsaturated/α-hetero) is 1. The average molecular weight is 274 g/mol. The molecule has 0 bridgehead atoms. The van der Waals surface area contributed by atoms with Crippen molar-refractivity contribution in [3.8, 4) is 12.1 Å². The molecule has 3 nitrogen and oxygen atoms in total. The Bertz CT molecular complexity index is 522. The van der Waals surface area contributed by atoms with Gasteiger partial charge in [-0.1, -0.05) is 30.3 Å². The Morgan fingerprint density at radius 2 is 1.83 bits per heavy atom. The Kier molecular flexibility index (Phi) is 6.07. The van der Waals surface area contributed by atoms with Crippen LogP contribution in [0.3, 0.4) is 0 Å². The zero-order chi connectivity index (χ0) is 13.4. The monoisotopic (exact) mass is 274 g/mol. The van der Waals surface area contributed by atoms with Gasteiger partial charge in [-0.3, -0.25) is 4.79 Å². The molecule has 0 spiro atoms. The first kappa shape index (κ1) is 14.4. The number of rotatable bonds is 5. The van der Waals surface area contributed by atoms with Gasteiger partial charge in [0.1, 0.15) is 17.7 Å². The first-order valence-corrected chi connectivity index (χ1v) is 7.23. The number of ketones is 1. The Morgan fingerprint density at radius 1 is 1.22 bits per heavy atom. The van der Waals surface area contributed by atoms with Crippen molar-refractivity contribution in [1.29, 1.82) is 10.5 Å². The van der Waals surface area contributed by atoms with Crippen molar-refractivity contribution in [3.63, 3.8) is 0 Å². The molecule has 0 unspecified atom stereocenters. The summed E-state index contributed by atoms with van der Waals surface area (Å²) in [6.07, 6.45) is 1.78. The number of hydrogen-bond acceptors (Lipinski definition) is 5. The predicted octanol–water partition coefficient (Wildman–Crippen LogP) is 3.22. The Balaban J connectivity index is 2.72. The molecule has 0 aliphatic rings. The summed E-state index contributed by atoms with van der Waals surface area (Å²) in [5.41, 5.74) is 0.703. The lowest BCUT2D eigenvalue weighted by Crippen LogP contribution is -2.02. The van der Waals surface area contributed by atoms with E-state index >= 15 is 0 Å². The molecule has 1 rings (SSSR count). The van der Waals surface area contributed by atoms with Crippen LogP contribution in [0.1, 0.15) is 10.4 Å². The molecule has 0 saturated carbocycles. The van der Waals surface area contributed by atoms with E-state index in [1.165, 1.54) is 23.5 Å². The van der Waals surface area contributed by atoms with Crippen molar-refractivity contribution >= 4 is 29.3 Å². The lowest BCUT2D eigenvalue weighted by molar-refractivity contribution is 0.102. The molecule has 0 aliphatic heterocycles. The maximum Gasteiger partial charge on any atom is 0.173 e. The third-order valence-electron chi connectivity index (χ3n) is 2.04. The van der Waals surface area contributed by atoms with E-state index < -0.39 is 0 Å². The number of benzene rings is 1. The number of thioether (sulfide) groups is 2. The molecule has 90 valence electrons. The second kappa shape index (κ2) is 7.60. The highest BCUT2D eigenvalue weighted by atomic mass is 32.2. The lowest BCUT2D eigenvalue weighted by atomic mass is 10.2. The van der Waals surface area contributed by atoms with Crippen LogP contribution in [0, 0.1) is 22.7 Å². The molecule has 0 amide bonds. The van der Waals surface area contributed by atoms with E-state index in [1.54, 1.807) is 30.5 Å². The number of allylic oxidation sites excluding steroid dienone is 1. The highest BCUT2D eigenvalue weighted by Gasteiger charge is 2.10. The minimum Gasteiger partial charge on any atom is -0.293 e. The highest BCUT2D eigenvalue weighted by molar-refractivity contribution is 8.22. The van der Waals surface area contributed by atoms with E-state index in [4.69, 9.17) is 10.5 Å². The number of carbonyl (C=O) groups excluding carboxylic acids is 1. The van der Waals surface area contributed by atoms with E-state index in [-0.39, 0.29) is 17.1 Å². The molecule has 5 heteroatoms. The summed E-state index contributed by atoms with van der Waals surface area (Å²) in [5, 5.41) is 17.5. The normalized spacial score (nSPS) is 9.06. The Labute approximate surface area is 114 Å². The van der Waals surface area contributed by atoms with E-state index in [0.29, 0.717) is 9.80 Å². The topological polar surface area (TPSA) is 64.7 Å². The van der Waals surface area contributed by atoms with Crippen LogP contribution in [0.15, 0.2) is 40.1 Å². The first-order valence-electron chi connectivity index (χ1n) is 5.02. The van der Waals surface area contributed by atoms with Gasteiger partial charge in [0.2, 0.25) is 0 Å². The van der Waals surface area contributed by atoms with E-state index in [9.17, 15) is 4.79 Å². The molecule has 18 heavy (non-hydrogen) atoms. The van der Waals surface area contributed by atoms with Crippen LogP contribution < -0.4 is 0 Å². The van der Waals surface area contributed by atoms with Crippen LogP contribution in [-0.4, -0.2) is 17.8 Å². The molecular formula is C13H10N2OS2. The molecule has 0 atom stereocenters. The summed E-state index contributed by atoms with van der Waals surface area (Å²) < 4.78 is 0.587. The molecule has 0 saturated heterocycles. The van der Waals surface area contributed by atoms with Gasteiger partial charge in [-0.25, -0.2) is 0 Å². The summed E-state index contributed by atoms with van der Waals surface area (Å²) in [7, 11) is 0. The fourth-order valence-corrected chi connectivity index (χ4v) is 2.80. The fourth-order valence-electron chi connectivity index (χ4n) is 1.19. The molecule has 0 fully saturated rings. The second-order valence-electron chi connectivity index (χ2n) is 3.17. The Morgan fingerprint density at radius 3 is 2.33 bits per heavy atom. The van der Waals surface area contributed by atoms with Crippen LogP contribution in [0.4, 0.5) is 0 Å². The van der Waals surface area contributed by atoms with Crippen molar-refractivity contribution < 1.29 is 4.79 Å². The summed E-state index contributed by atoms with van der Waals surface area (Å²) in [6.45, 7) is 0. The summed E-state index contributed by atoms with van der Waals surface area (Å²) in [6, 6.07) is 12.6. The van der Waals surface area contributed by atoms with Crippen molar-refractivity contribution in [1.82, 2.24) is 0 Å². The van der Waals surface area contributed by atoms with Gasteiger partial charge in [-0.15, -0.1) is 23.5 Å². The minimum atomic E-state index is -0.0117. The van der Waals surface area contributed by atoms with Gasteiger partial charge < -0.3 is 0 Å². The molecule has 0 radical (unpaired) electrons. The molecule has 0 aliphatic carbocycles. The van der Waals surface area contributed by atoms with Crippen LogP contribution in [0.25, 0.3) is 0 Å². The maximum absolute atomic E-state index is 11.8. The number of nitriles is 2. The molecule has 1 aromatic carbocycles. The largest absolute Gasteiger partial charge is 0.293 e. The first-order chi connectivity index (χ1) is 8.72. The summed E-state index contributed by atoms with van der Waals surface area (Å²) in [5.74, 6) is 0.218. The van der Waals surface area contributed by atoms with E-state index in [0.717, 1.165) is 0 Å². The lowest BCUT2D eigenvalue weighted by Gasteiger charge is -2.03. The zero-order valence-corrected chi connectivity index (χ0v) is 11.3. The fraction of sp³-hybridized carbons (Fsp3) is 0.154. The zero-order valence-electron chi connectivity index (χ0n) is 9.71. The quantitative estimate of drug-likeness (QED) is 0.609. The van der Waals surface area contributed by atoms with Crippen LogP contribution in [0.2, 0.25) is 0 Å². The number of carbonyl (C=O) groups is 1. The standard InChI is InChI=1S/C13H10N2OS2/c1-17-13(11(7-14)8-15)18-9-12(16)10-5-3-2-4-6-10/h2-6H,9H2,1H3. The van der Waals surface area contributed by atoms with Crippen LogP contribution >= 0.6 is 23.5 Å². The van der Waals surface area contributed by atoms with Gasteiger partial charge in [-0.2, -0.15) is 10.5 Å². The maximum atomic E-state index is 11.8. The number of hydrogen-bond donors (Lipinski definition) is 0. The van der Waals surface area contributed by atoms with Gasteiger partial charge in [-0.05, 0) is 6.26 Å². The van der Waals surface area contributed by atoms with Crippen LogP contribution in [-0.2, 0) is 0 Å². The van der Waals surface area contributed by atoms with E-state index in [1.807, 2.05) is 18.2 Å². The highest BCUT2D eigenvalue weighted by Crippen LogP contribution is 2.29. The molecular weight excluding hydrogens is 264 g/mol. The summed E-state index contributed by atoms with van der Waals surface area (Å²) >= 11 is 2.54. The molecule has 1 aromatic rings. The third-order valence-corrected chi connectivity index (χ3v) is 4.34. The van der Waals surface area contributed by atoms with Crippen molar-refractivity contribution in [2.45, 2.75) is 0 Å². The van der Waals surface area contributed by atoms with Gasteiger partial charge in [0.25, 0.3) is 0 Å². The predicted molar refractivity (Wildman–Crippen MR) is 75.0 cm³/mol. The van der Waals surface area contributed by atoms with E-state index in [2.05, 4.69) is 0 Å². The van der Waals surface area contributed by atoms with Crippen LogP contribution in [0.5, 0.6) is 0 Å².